The van der Waals surface area contributed by atoms with E-state index in [1.807, 2.05) is 17.5 Å². The molecule has 0 saturated heterocycles. The van der Waals surface area contributed by atoms with Crippen LogP contribution < -0.4 is 0 Å². The van der Waals surface area contributed by atoms with E-state index < -0.39 is 5.60 Å². The van der Waals surface area contributed by atoms with Gasteiger partial charge >= 0.3 is 0 Å². The van der Waals surface area contributed by atoms with Gasteiger partial charge in [-0.1, -0.05) is 12.1 Å². The average molecular weight is 257 g/mol. The number of benzene rings is 1. The van der Waals surface area contributed by atoms with E-state index >= 15 is 0 Å². The van der Waals surface area contributed by atoms with E-state index in [1.165, 1.54) is 5.56 Å². The second-order valence-electron chi connectivity index (χ2n) is 4.60. The Kier molecular flexibility index (Phi) is 3.81. The molecular weight excluding hydrogens is 242 g/mol. The summed E-state index contributed by atoms with van der Waals surface area (Å²) in [7, 11) is 0. The van der Waals surface area contributed by atoms with Crippen molar-refractivity contribution in [2.24, 2.45) is 0 Å². The molecule has 1 heterocycles. The molecule has 0 bridgehead atoms. The molecule has 0 fully saturated rings. The smallest absolute Gasteiger partial charge is 0.0991 e. The Hall–Kier alpha value is -1.63. The van der Waals surface area contributed by atoms with Crippen LogP contribution in [0.4, 0.5) is 0 Å². The molecule has 1 aromatic carbocycles. The first-order valence-electron chi connectivity index (χ1n) is 5.86. The van der Waals surface area contributed by atoms with Gasteiger partial charge in [0.15, 0.2) is 0 Å². The molecule has 0 saturated carbocycles. The van der Waals surface area contributed by atoms with Crippen molar-refractivity contribution >= 4 is 11.3 Å². The third-order valence-electron chi connectivity index (χ3n) is 3.09. The largest absolute Gasteiger partial charge is 0.385 e. The normalized spacial score (nSPS) is 13.8. The maximum atomic E-state index is 10.5. The molecule has 2 rings (SSSR count). The molecule has 0 aliphatic heterocycles. The summed E-state index contributed by atoms with van der Waals surface area (Å²) in [6.45, 7) is 1.80. The highest BCUT2D eigenvalue weighted by Crippen LogP contribution is 2.27. The van der Waals surface area contributed by atoms with Gasteiger partial charge in [0.25, 0.3) is 0 Å². The Bertz CT molecular complexity index is 552. The molecule has 92 valence electrons. The third kappa shape index (κ3) is 2.98. The number of aliphatic hydroxyl groups is 1. The second kappa shape index (κ2) is 5.34. The zero-order valence-corrected chi connectivity index (χ0v) is 11.1. The van der Waals surface area contributed by atoms with Gasteiger partial charge in [-0.25, -0.2) is 0 Å². The minimum Gasteiger partial charge on any atom is -0.385 e. The van der Waals surface area contributed by atoms with E-state index in [0.29, 0.717) is 12.0 Å². The maximum Gasteiger partial charge on any atom is 0.0991 e. The SMILES string of the molecule is CC(O)(CCc1ccsc1)c1cccc(C#N)c1. The Morgan fingerprint density at radius 1 is 1.39 bits per heavy atom. The summed E-state index contributed by atoms with van der Waals surface area (Å²) >= 11 is 1.67. The van der Waals surface area contributed by atoms with Crippen LogP contribution >= 0.6 is 11.3 Å². The molecule has 18 heavy (non-hydrogen) atoms. The van der Waals surface area contributed by atoms with Crippen LogP contribution in [-0.4, -0.2) is 5.11 Å². The van der Waals surface area contributed by atoms with E-state index in [9.17, 15) is 5.11 Å². The summed E-state index contributed by atoms with van der Waals surface area (Å²) in [6.07, 6.45) is 1.49. The van der Waals surface area contributed by atoms with Crippen LogP contribution in [0, 0.1) is 11.3 Å². The monoisotopic (exact) mass is 257 g/mol. The lowest BCUT2D eigenvalue weighted by molar-refractivity contribution is 0.0480. The van der Waals surface area contributed by atoms with Gasteiger partial charge in [0, 0.05) is 0 Å². The van der Waals surface area contributed by atoms with Gasteiger partial charge in [-0.2, -0.15) is 16.6 Å². The number of aryl methyl sites for hydroxylation is 1. The van der Waals surface area contributed by atoms with Gasteiger partial charge < -0.3 is 5.11 Å². The van der Waals surface area contributed by atoms with Crippen LogP contribution in [0.1, 0.15) is 30.0 Å². The van der Waals surface area contributed by atoms with Crippen molar-refractivity contribution < 1.29 is 5.11 Å². The van der Waals surface area contributed by atoms with Crippen LogP contribution in [0.5, 0.6) is 0 Å². The summed E-state index contributed by atoms with van der Waals surface area (Å²) < 4.78 is 0. The summed E-state index contributed by atoms with van der Waals surface area (Å²) in [4.78, 5) is 0. The molecule has 0 aliphatic carbocycles. The van der Waals surface area contributed by atoms with E-state index in [2.05, 4.69) is 17.5 Å². The molecular formula is C15H15NOS. The second-order valence-corrected chi connectivity index (χ2v) is 5.38. The van der Waals surface area contributed by atoms with Crippen LogP contribution in [0.2, 0.25) is 0 Å². The van der Waals surface area contributed by atoms with Crippen molar-refractivity contribution in [3.63, 3.8) is 0 Å². The molecule has 0 amide bonds. The molecule has 2 aromatic rings. The minimum atomic E-state index is -0.894. The lowest BCUT2D eigenvalue weighted by atomic mass is 9.89. The standard InChI is InChI=1S/C15H15NOS/c1-15(17,7-5-12-6-8-18-11-12)14-4-2-3-13(9-14)10-16/h2-4,6,8-9,11,17H,5,7H2,1H3. The Morgan fingerprint density at radius 3 is 2.89 bits per heavy atom. The minimum absolute atomic E-state index is 0.586. The van der Waals surface area contributed by atoms with E-state index in [4.69, 9.17) is 5.26 Å². The Balaban J connectivity index is 2.12. The highest BCUT2D eigenvalue weighted by molar-refractivity contribution is 7.07. The van der Waals surface area contributed by atoms with Gasteiger partial charge in [0.1, 0.15) is 0 Å². The van der Waals surface area contributed by atoms with Crippen molar-refractivity contribution in [2.75, 3.05) is 0 Å². The molecule has 0 spiro atoms. The predicted octanol–water partition coefficient (Wildman–Crippen LogP) is 3.46. The van der Waals surface area contributed by atoms with Crippen molar-refractivity contribution in [2.45, 2.75) is 25.4 Å². The lowest BCUT2D eigenvalue weighted by Crippen LogP contribution is -2.22. The number of nitriles is 1. The molecule has 1 atom stereocenters. The first-order chi connectivity index (χ1) is 8.62. The number of hydrogen-bond acceptors (Lipinski definition) is 3. The van der Waals surface area contributed by atoms with Gasteiger partial charge in [0.2, 0.25) is 0 Å². The van der Waals surface area contributed by atoms with Gasteiger partial charge in [-0.05, 0) is 59.9 Å². The van der Waals surface area contributed by atoms with Crippen molar-refractivity contribution in [3.8, 4) is 6.07 Å². The number of thiophene rings is 1. The predicted molar refractivity (Wildman–Crippen MR) is 73.4 cm³/mol. The summed E-state index contributed by atoms with van der Waals surface area (Å²) in [6, 6.07) is 11.4. The number of nitrogens with zero attached hydrogens (tertiary/aromatic N) is 1. The van der Waals surface area contributed by atoms with Crippen LogP contribution in [0.3, 0.4) is 0 Å². The number of rotatable bonds is 4. The van der Waals surface area contributed by atoms with Crippen molar-refractivity contribution in [1.29, 1.82) is 5.26 Å². The molecule has 3 heteroatoms. The molecule has 0 aliphatic rings. The Morgan fingerprint density at radius 2 is 2.22 bits per heavy atom. The molecule has 1 aromatic heterocycles. The topological polar surface area (TPSA) is 44.0 Å². The van der Waals surface area contributed by atoms with Crippen LogP contribution in [0.25, 0.3) is 0 Å². The molecule has 1 unspecified atom stereocenters. The lowest BCUT2D eigenvalue weighted by Gasteiger charge is -2.23. The number of hydrogen-bond donors (Lipinski definition) is 1. The van der Waals surface area contributed by atoms with Crippen LogP contribution in [0.15, 0.2) is 41.1 Å². The van der Waals surface area contributed by atoms with Crippen molar-refractivity contribution in [1.82, 2.24) is 0 Å². The fourth-order valence-electron chi connectivity index (χ4n) is 1.89. The summed E-state index contributed by atoms with van der Waals surface area (Å²) in [5.41, 5.74) is 1.74. The summed E-state index contributed by atoms with van der Waals surface area (Å²) in [5.74, 6) is 0. The molecule has 0 radical (unpaired) electrons. The van der Waals surface area contributed by atoms with E-state index in [0.717, 1.165) is 12.0 Å². The van der Waals surface area contributed by atoms with E-state index in [-0.39, 0.29) is 0 Å². The first kappa shape index (κ1) is 12.8. The van der Waals surface area contributed by atoms with Gasteiger partial charge in [0.05, 0.1) is 17.2 Å². The maximum absolute atomic E-state index is 10.5. The molecule has 1 N–H and O–H groups in total. The fourth-order valence-corrected chi connectivity index (χ4v) is 2.59. The fraction of sp³-hybridized carbons (Fsp3) is 0.267. The summed E-state index contributed by atoms with van der Waals surface area (Å²) in [5, 5.41) is 23.5. The quantitative estimate of drug-likeness (QED) is 0.911. The third-order valence-corrected chi connectivity index (χ3v) is 3.83. The zero-order chi connectivity index (χ0) is 13.0. The van der Waals surface area contributed by atoms with Crippen molar-refractivity contribution in [3.05, 3.63) is 57.8 Å². The Labute approximate surface area is 111 Å². The zero-order valence-electron chi connectivity index (χ0n) is 10.3. The van der Waals surface area contributed by atoms with Crippen LogP contribution in [-0.2, 0) is 12.0 Å². The first-order valence-corrected chi connectivity index (χ1v) is 6.80. The van der Waals surface area contributed by atoms with Gasteiger partial charge in [-0.15, -0.1) is 0 Å². The average Bonchev–Trinajstić information content (AvgIpc) is 2.90. The highest BCUT2D eigenvalue weighted by atomic mass is 32.1. The molecule has 2 nitrogen and oxygen atoms in total. The van der Waals surface area contributed by atoms with E-state index in [1.54, 1.807) is 30.4 Å². The highest BCUT2D eigenvalue weighted by Gasteiger charge is 2.23. The van der Waals surface area contributed by atoms with Gasteiger partial charge in [-0.3, -0.25) is 0 Å².